The van der Waals surface area contributed by atoms with Crippen LogP contribution in [0.2, 0.25) is 4.34 Å². The highest BCUT2D eigenvalue weighted by atomic mass is 35.5. The molecule has 3 aromatic rings. The number of thiophene rings is 1. The minimum absolute atomic E-state index is 0.640. The van der Waals surface area contributed by atoms with Crippen molar-refractivity contribution in [3.63, 3.8) is 0 Å². The molecule has 0 radical (unpaired) electrons. The monoisotopic (exact) mass is 378 g/mol. The summed E-state index contributed by atoms with van der Waals surface area (Å²) in [4.78, 5) is 3.41. The first-order valence-corrected chi connectivity index (χ1v) is 9.34. The van der Waals surface area contributed by atoms with Crippen molar-refractivity contribution in [2.75, 3.05) is 7.05 Å². The highest BCUT2D eigenvalue weighted by Crippen LogP contribution is 2.23. The van der Waals surface area contributed by atoms with Gasteiger partial charge in [-0.05, 0) is 38.3 Å². The summed E-state index contributed by atoms with van der Waals surface area (Å²) in [6.07, 6.45) is 0. The van der Waals surface area contributed by atoms with E-state index in [4.69, 9.17) is 28.9 Å². The van der Waals surface area contributed by atoms with Crippen LogP contribution in [0.1, 0.15) is 11.8 Å². The summed E-state index contributed by atoms with van der Waals surface area (Å²) in [5.41, 5.74) is 1.08. The van der Waals surface area contributed by atoms with Crippen LogP contribution < -0.4 is 0 Å². The molecule has 0 atom stereocenters. The number of hydrogen-bond acceptors (Lipinski definition) is 4. The molecular weight excluding hydrogens is 360 g/mol. The molecule has 0 spiro atoms. The standard InChI is InChI=1S/C17H19ClN4S2/c1-3-21-16(13-7-5-4-6-8-13)19-22(17(21)23)12-20(2)11-14-9-10-15(18)24-14/h4-10H,3,11-12H2,1-2H3. The minimum Gasteiger partial charge on any atom is -0.300 e. The van der Waals surface area contributed by atoms with Gasteiger partial charge in [0.25, 0.3) is 0 Å². The molecule has 0 aliphatic rings. The molecule has 126 valence electrons. The van der Waals surface area contributed by atoms with E-state index in [9.17, 15) is 0 Å². The molecule has 1 aromatic carbocycles. The smallest absolute Gasteiger partial charge is 0.199 e. The van der Waals surface area contributed by atoms with Gasteiger partial charge in [-0.1, -0.05) is 41.9 Å². The molecule has 2 heterocycles. The van der Waals surface area contributed by atoms with Gasteiger partial charge in [0.15, 0.2) is 10.6 Å². The Hall–Kier alpha value is -1.47. The number of rotatable bonds is 6. The molecule has 0 fully saturated rings. The Balaban J connectivity index is 1.83. The molecule has 24 heavy (non-hydrogen) atoms. The summed E-state index contributed by atoms with van der Waals surface area (Å²) >= 11 is 13.2. The van der Waals surface area contributed by atoms with Crippen molar-refractivity contribution >= 4 is 35.2 Å². The van der Waals surface area contributed by atoms with Gasteiger partial charge in [-0.25, -0.2) is 4.68 Å². The molecule has 0 bridgehead atoms. The highest BCUT2D eigenvalue weighted by Gasteiger charge is 2.13. The van der Waals surface area contributed by atoms with Crippen molar-refractivity contribution in [2.45, 2.75) is 26.7 Å². The second-order valence-electron chi connectivity index (χ2n) is 5.58. The van der Waals surface area contributed by atoms with Gasteiger partial charge in [0.05, 0.1) is 11.0 Å². The molecule has 2 aromatic heterocycles. The van der Waals surface area contributed by atoms with Crippen molar-refractivity contribution in [1.82, 2.24) is 19.2 Å². The number of aromatic nitrogens is 3. The van der Waals surface area contributed by atoms with Gasteiger partial charge in [-0.15, -0.1) is 11.3 Å². The molecule has 0 aliphatic carbocycles. The van der Waals surface area contributed by atoms with Crippen LogP contribution in [0.3, 0.4) is 0 Å². The van der Waals surface area contributed by atoms with Crippen LogP contribution in [-0.2, 0) is 19.8 Å². The van der Waals surface area contributed by atoms with E-state index in [0.717, 1.165) is 33.6 Å². The predicted molar refractivity (Wildman–Crippen MR) is 103 cm³/mol. The maximum atomic E-state index is 6.00. The van der Waals surface area contributed by atoms with Gasteiger partial charge in [0.2, 0.25) is 0 Å². The second kappa shape index (κ2) is 7.61. The van der Waals surface area contributed by atoms with Crippen LogP contribution in [0, 0.1) is 4.77 Å². The van der Waals surface area contributed by atoms with Gasteiger partial charge in [0.1, 0.15) is 0 Å². The Labute approximate surface area is 155 Å². The molecule has 0 saturated carbocycles. The van der Waals surface area contributed by atoms with Crippen molar-refractivity contribution in [3.8, 4) is 11.4 Å². The average molecular weight is 379 g/mol. The highest BCUT2D eigenvalue weighted by molar-refractivity contribution is 7.71. The Bertz CT molecular complexity index is 866. The molecule has 4 nitrogen and oxygen atoms in total. The van der Waals surface area contributed by atoms with Crippen LogP contribution in [-0.4, -0.2) is 26.3 Å². The summed E-state index contributed by atoms with van der Waals surface area (Å²) in [5, 5.41) is 4.75. The first-order valence-electron chi connectivity index (χ1n) is 7.74. The molecule has 7 heteroatoms. The number of halogens is 1. The maximum Gasteiger partial charge on any atom is 0.199 e. The van der Waals surface area contributed by atoms with E-state index in [1.54, 1.807) is 11.3 Å². The molecule has 3 rings (SSSR count). The third-order valence-electron chi connectivity index (χ3n) is 3.70. The lowest BCUT2D eigenvalue weighted by molar-refractivity contribution is 0.246. The SMILES string of the molecule is CCn1c(-c2ccccc2)nn(CN(C)Cc2ccc(Cl)s2)c1=S. The summed E-state index contributed by atoms with van der Waals surface area (Å²) in [5.74, 6) is 0.913. The molecule has 0 saturated heterocycles. The number of nitrogens with zero attached hydrogens (tertiary/aromatic N) is 4. The fraction of sp³-hybridized carbons (Fsp3) is 0.294. The van der Waals surface area contributed by atoms with Crippen LogP contribution in [0.4, 0.5) is 0 Å². The topological polar surface area (TPSA) is 26.0 Å². The molecule has 0 amide bonds. The normalized spacial score (nSPS) is 11.3. The third kappa shape index (κ3) is 3.78. The lowest BCUT2D eigenvalue weighted by Crippen LogP contribution is -2.22. The summed E-state index contributed by atoms with van der Waals surface area (Å²) < 4.78 is 5.51. The quantitative estimate of drug-likeness (QED) is 0.570. The van der Waals surface area contributed by atoms with E-state index in [-0.39, 0.29) is 0 Å². The summed E-state index contributed by atoms with van der Waals surface area (Å²) in [6, 6.07) is 14.2. The molecule has 0 N–H and O–H groups in total. The van der Waals surface area contributed by atoms with Gasteiger partial charge >= 0.3 is 0 Å². The lowest BCUT2D eigenvalue weighted by Gasteiger charge is -2.15. The Morgan fingerprint density at radius 2 is 1.96 bits per heavy atom. The first-order chi connectivity index (χ1) is 11.6. The van der Waals surface area contributed by atoms with Crippen molar-refractivity contribution in [1.29, 1.82) is 0 Å². The zero-order chi connectivity index (χ0) is 17.1. The van der Waals surface area contributed by atoms with E-state index in [0.29, 0.717) is 6.67 Å². The summed E-state index contributed by atoms with van der Waals surface area (Å²) in [7, 11) is 2.06. The van der Waals surface area contributed by atoms with Crippen LogP contribution in [0.15, 0.2) is 42.5 Å². The lowest BCUT2D eigenvalue weighted by atomic mass is 10.2. The van der Waals surface area contributed by atoms with E-state index in [1.165, 1.54) is 4.88 Å². The maximum absolute atomic E-state index is 6.00. The van der Waals surface area contributed by atoms with Gasteiger partial charge in [-0.2, -0.15) is 5.10 Å². The average Bonchev–Trinajstić information content (AvgIpc) is 3.12. The second-order valence-corrected chi connectivity index (χ2v) is 7.74. The third-order valence-corrected chi connectivity index (χ3v) is 5.35. The Morgan fingerprint density at radius 1 is 1.21 bits per heavy atom. The fourth-order valence-electron chi connectivity index (χ4n) is 2.60. The number of benzene rings is 1. The molecule has 0 unspecified atom stereocenters. The van der Waals surface area contributed by atoms with Crippen LogP contribution >= 0.6 is 35.2 Å². The zero-order valence-corrected chi connectivity index (χ0v) is 16.0. The van der Waals surface area contributed by atoms with Crippen molar-refractivity contribution in [2.24, 2.45) is 0 Å². The zero-order valence-electron chi connectivity index (χ0n) is 13.6. The first kappa shape index (κ1) is 17.4. The van der Waals surface area contributed by atoms with Crippen LogP contribution in [0.5, 0.6) is 0 Å². The van der Waals surface area contributed by atoms with Crippen molar-refractivity contribution in [3.05, 3.63) is 56.4 Å². The molecule has 0 aliphatic heterocycles. The summed E-state index contributed by atoms with van der Waals surface area (Å²) in [6.45, 7) is 4.35. The molecular formula is C17H19ClN4S2. The van der Waals surface area contributed by atoms with E-state index < -0.39 is 0 Å². The predicted octanol–water partition coefficient (Wildman–Crippen LogP) is 4.91. The van der Waals surface area contributed by atoms with E-state index in [2.05, 4.69) is 41.6 Å². The largest absolute Gasteiger partial charge is 0.300 e. The van der Waals surface area contributed by atoms with Gasteiger partial charge < -0.3 is 4.57 Å². The van der Waals surface area contributed by atoms with Crippen molar-refractivity contribution < 1.29 is 0 Å². The van der Waals surface area contributed by atoms with E-state index in [1.807, 2.05) is 28.9 Å². The number of hydrogen-bond donors (Lipinski definition) is 0. The van der Waals surface area contributed by atoms with E-state index >= 15 is 0 Å². The van der Waals surface area contributed by atoms with Gasteiger partial charge in [-0.3, -0.25) is 4.90 Å². The Kier molecular flexibility index (Phi) is 5.50. The Morgan fingerprint density at radius 3 is 2.58 bits per heavy atom. The fourth-order valence-corrected chi connectivity index (χ4v) is 4.08. The minimum atomic E-state index is 0.640. The van der Waals surface area contributed by atoms with Gasteiger partial charge in [0, 0.05) is 23.5 Å². The van der Waals surface area contributed by atoms with Crippen LogP contribution in [0.25, 0.3) is 11.4 Å².